The van der Waals surface area contributed by atoms with Gasteiger partial charge in [0.1, 0.15) is 11.4 Å². The average Bonchev–Trinajstić information content (AvgIpc) is 2.51. The lowest BCUT2D eigenvalue weighted by atomic mass is 10.3. The van der Waals surface area contributed by atoms with Crippen LogP contribution in [0.3, 0.4) is 0 Å². The molecule has 1 N–H and O–H groups in total. The molecule has 0 bridgehead atoms. The van der Waals surface area contributed by atoms with Gasteiger partial charge in [-0.2, -0.15) is 0 Å². The summed E-state index contributed by atoms with van der Waals surface area (Å²) in [7, 11) is 0. The summed E-state index contributed by atoms with van der Waals surface area (Å²) < 4.78 is 28.8. The number of aliphatic hydroxyl groups is 1. The van der Waals surface area contributed by atoms with Gasteiger partial charge in [0, 0.05) is 13.1 Å². The van der Waals surface area contributed by atoms with Crippen molar-refractivity contribution < 1.29 is 18.5 Å². The third-order valence-corrected chi connectivity index (χ3v) is 1.93. The van der Waals surface area contributed by atoms with Crippen LogP contribution in [-0.4, -0.2) is 46.4 Å². The zero-order valence-electron chi connectivity index (χ0n) is 8.36. The van der Waals surface area contributed by atoms with Crippen molar-refractivity contribution in [1.82, 2.24) is 15.2 Å². The first kappa shape index (κ1) is 12.0. The molecule has 86 valence electrons. The molecule has 0 fully saturated rings. The second-order valence-electron chi connectivity index (χ2n) is 3.15. The van der Waals surface area contributed by atoms with E-state index in [1.165, 1.54) is 4.90 Å². The van der Waals surface area contributed by atoms with Gasteiger partial charge in [-0.05, 0) is 6.92 Å². The molecular weight excluding hydrogens is 208 g/mol. The number of hydrogen-bond acceptors (Lipinski definition) is 5. The van der Waals surface area contributed by atoms with Crippen LogP contribution in [0.4, 0.5) is 8.78 Å². The number of aromatic nitrogens is 2. The molecule has 1 heterocycles. The van der Waals surface area contributed by atoms with Crippen molar-refractivity contribution in [3.05, 3.63) is 11.4 Å². The van der Waals surface area contributed by atoms with Gasteiger partial charge in [0.25, 0.3) is 6.43 Å². The van der Waals surface area contributed by atoms with Crippen LogP contribution in [0, 0.1) is 6.92 Å². The summed E-state index contributed by atoms with van der Waals surface area (Å²) in [6, 6.07) is 0. The van der Waals surface area contributed by atoms with Crippen LogP contribution < -0.4 is 0 Å². The van der Waals surface area contributed by atoms with Crippen molar-refractivity contribution >= 4 is 0 Å². The predicted molar refractivity (Wildman–Crippen MR) is 47.4 cm³/mol. The molecule has 0 radical (unpaired) electrons. The molecule has 0 spiro atoms. The Bertz CT molecular complexity index is 293. The molecule has 0 aliphatic rings. The van der Waals surface area contributed by atoms with Crippen LogP contribution >= 0.6 is 0 Å². The molecule has 0 unspecified atom stereocenters. The number of nitrogens with zero attached hydrogens (tertiary/aromatic N) is 3. The van der Waals surface area contributed by atoms with Gasteiger partial charge in [0.05, 0.1) is 13.2 Å². The van der Waals surface area contributed by atoms with Crippen molar-refractivity contribution in [3.8, 4) is 0 Å². The van der Waals surface area contributed by atoms with Crippen LogP contribution in [0.15, 0.2) is 4.63 Å². The van der Waals surface area contributed by atoms with Crippen molar-refractivity contribution in [2.45, 2.75) is 19.9 Å². The minimum atomic E-state index is -2.43. The summed E-state index contributed by atoms with van der Waals surface area (Å²) in [5.74, 6) is 0. The second kappa shape index (κ2) is 5.72. The second-order valence-corrected chi connectivity index (χ2v) is 3.15. The lowest BCUT2D eigenvalue weighted by Crippen LogP contribution is -2.31. The zero-order chi connectivity index (χ0) is 11.3. The lowest BCUT2D eigenvalue weighted by Gasteiger charge is -2.19. The highest BCUT2D eigenvalue weighted by Crippen LogP contribution is 2.07. The quantitative estimate of drug-likeness (QED) is 0.755. The largest absolute Gasteiger partial charge is 0.395 e. The van der Waals surface area contributed by atoms with E-state index in [2.05, 4.69) is 14.9 Å². The summed E-state index contributed by atoms with van der Waals surface area (Å²) in [5, 5.41) is 15.8. The first-order valence-electron chi connectivity index (χ1n) is 4.53. The van der Waals surface area contributed by atoms with E-state index in [1.54, 1.807) is 6.92 Å². The SMILES string of the molecule is Cc1nonc1CN(CCO)CC(F)F. The van der Waals surface area contributed by atoms with E-state index in [0.717, 1.165) is 0 Å². The van der Waals surface area contributed by atoms with Crippen LogP contribution in [-0.2, 0) is 6.54 Å². The molecule has 0 saturated heterocycles. The molecule has 0 atom stereocenters. The van der Waals surface area contributed by atoms with Gasteiger partial charge in [0.15, 0.2) is 0 Å². The molecule has 0 aromatic carbocycles. The van der Waals surface area contributed by atoms with Crippen molar-refractivity contribution in [1.29, 1.82) is 0 Å². The Morgan fingerprint density at radius 2 is 2.20 bits per heavy atom. The summed E-state index contributed by atoms with van der Waals surface area (Å²) in [5.41, 5.74) is 1.09. The van der Waals surface area contributed by atoms with E-state index in [0.29, 0.717) is 11.4 Å². The highest BCUT2D eigenvalue weighted by Gasteiger charge is 2.15. The number of aliphatic hydroxyl groups excluding tert-OH is 1. The molecule has 1 aromatic rings. The van der Waals surface area contributed by atoms with Gasteiger partial charge in [0.2, 0.25) is 0 Å². The fraction of sp³-hybridized carbons (Fsp3) is 0.750. The van der Waals surface area contributed by atoms with Gasteiger partial charge in [-0.3, -0.25) is 4.90 Å². The van der Waals surface area contributed by atoms with E-state index in [9.17, 15) is 8.78 Å². The molecule has 0 amide bonds. The number of hydrogen-bond donors (Lipinski definition) is 1. The van der Waals surface area contributed by atoms with E-state index < -0.39 is 13.0 Å². The van der Waals surface area contributed by atoms with Gasteiger partial charge in [-0.25, -0.2) is 13.4 Å². The number of rotatable bonds is 6. The summed E-state index contributed by atoms with van der Waals surface area (Å²) in [6.45, 7) is 1.51. The smallest absolute Gasteiger partial charge is 0.251 e. The number of halogens is 2. The summed E-state index contributed by atoms with van der Waals surface area (Å²) in [4.78, 5) is 1.40. The fourth-order valence-corrected chi connectivity index (χ4v) is 1.18. The highest BCUT2D eigenvalue weighted by atomic mass is 19.3. The maximum absolute atomic E-state index is 12.2. The first-order valence-corrected chi connectivity index (χ1v) is 4.53. The molecule has 0 saturated carbocycles. The van der Waals surface area contributed by atoms with E-state index in [1.807, 2.05) is 0 Å². The fourth-order valence-electron chi connectivity index (χ4n) is 1.18. The third-order valence-electron chi connectivity index (χ3n) is 1.93. The van der Waals surface area contributed by atoms with Gasteiger partial charge in [-0.1, -0.05) is 10.3 Å². The van der Waals surface area contributed by atoms with Crippen molar-refractivity contribution in [2.24, 2.45) is 0 Å². The Morgan fingerprint density at radius 3 is 2.67 bits per heavy atom. The monoisotopic (exact) mass is 221 g/mol. The predicted octanol–water partition coefficient (Wildman–Crippen LogP) is 0.437. The molecule has 5 nitrogen and oxygen atoms in total. The van der Waals surface area contributed by atoms with E-state index in [4.69, 9.17) is 5.11 Å². The maximum Gasteiger partial charge on any atom is 0.251 e. The molecule has 1 rings (SSSR count). The Balaban J connectivity index is 2.54. The Kier molecular flexibility index (Phi) is 4.57. The van der Waals surface area contributed by atoms with Gasteiger partial charge >= 0.3 is 0 Å². The molecule has 0 aliphatic heterocycles. The van der Waals surface area contributed by atoms with Gasteiger partial charge < -0.3 is 5.11 Å². The lowest BCUT2D eigenvalue weighted by molar-refractivity contribution is 0.0733. The molecule has 0 aliphatic carbocycles. The highest BCUT2D eigenvalue weighted by molar-refractivity contribution is 5.04. The molecule has 7 heteroatoms. The maximum atomic E-state index is 12.2. The van der Waals surface area contributed by atoms with Crippen molar-refractivity contribution in [2.75, 3.05) is 19.7 Å². The summed E-state index contributed by atoms with van der Waals surface area (Å²) >= 11 is 0. The normalized spacial score (nSPS) is 11.6. The van der Waals surface area contributed by atoms with Crippen molar-refractivity contribution in [3.63, 3.8) is 0 Å². The Morgan fingerprint density at radius 1 is 1.47 bits per heavy atom. The Hall–Kier alpha value is -1.08. The van der Waals surface area contributed by atoms with Gasteiger partial charge in [-0.15, -0.1) is 0 Å². The number of alkyl halides is 2. The van der Waals surface area contributed by atoms with E-state index in [-0.39, 0.29) is 19.7 Å². The molecule has 1 aromatic heterocycles. The Labute approximate surface area is 85.6 Å². The molecule has 15 heavy (non-hydrogen) atoms. The summed E-state index contributed by atoms with van der Waals surface area (Å²) in [6.07, 6.45) is -2.43. The standard InChI is InChI=1S/C8H13F2N3O2/c1-6-7(12-15-11-6)4-13(2-3-14)5-8(9)10/h8,14H,2-5H2,1H3. The van der Waals surface area contributed by atoms with Crippen LogP contribution in [0.5, 0.6) is 0 Å². The topological polar surface area (TPSA) is 62.4 Å². The van der Waals surface area contributed by atoms with E-state index >= 15 is 0 Å². The third kappa shape index (κ3) is 3.88. The zero-order valence-corrected chi connectivity index (χ0v) is 8.36. The van der Waals surface area contributed by atoms with Crippen LogP contribution in [0.2, 0.25) is 0 Å². The number of aryl methyl sites for hydroxylation is 1. The first-order chi connectivity index (χ1) is 7.13. The average molecular weight is 221 g/mol. The van der Waals surface area contributed by atoms with Crippen LogP contribution in [0.25, 0.3) is 0 Å². The molecular formula is C8H13F2N3O2. The minimum absolute atomic E-state index is 0.170. The van der Waals surface area contributed by atoms with Crippen LogP contribution in [0.1, 0.15) is 11.4 Å². The minimum Gasteiger partial charge on any atom is -0.395 e.